The summed E-state index contributed by atoms with van der Waals surface area (Å²) < 4.78 is 23.1. The number of piperazine rings is 1. The molecule has 2 N–H and O–H groups in total. The summed E-state index contributed by atoms with van der Waals surface area (Å²) in [5.41, 5.74) is 2.42. The first-order valence-corrected chi connectivity index (χ1v) is 15.1. The second kappa shape index (κ2) is 9.53. The summed E-state index contributed by atoms with van der Waals surface area (Å²) >= 11 is 0. The second-order valence-electron chi connectivity index (χ2n) is 12.6. The lowest BCUT2D eigenvalue weighted by atomic mass is 9.93. The molecule has 212 valence electrons. The van der Waals surface area contributed by atoms with Crippen LogP contribution in [-0.2, 0) is 0 Å². The summed E-state index contributed by atoms with van der Waals surface area (Å²) in [7, 11) is 0. The largest absolute Gasteiger partial charge is 0.508 e. The number of hydrogen-bond donors (Lipinski definition) is 2. The first-order valence-electron chi connectivity index (χ1n) is 15.1. The van der Waals surface area contributed by atoms with Gasteiger partial charge in [-0.25, -0.2) is 4.39 Å². The van der Waals surface area contributed by atoms with Gasteiger partial charge in [-0.15, -0.1) is 0 Å². The quantitative estimate of drug-likeness (QED) is 0.336. The summed E-state index contributed by atoms with van der Waals surface area (Å²) in [4.78, 5) is 14.5. The molecule has 0 radical (unpaired) electrons. The van der Waals surface area contributed by atoms with Gasteiger partial charge in [0.05, 0.1) is 5.54 Å². The van der Waals surface area contributed by atoms with E-state index in [1.165, 1.54) is 12.8 Å². The molecule has 0 spiro atoms. The van der Waals surface area contributed by atoms with Crippen LogP contribution in [0.5, 0.6) is 11.8 Å². The van der Waals surface area contributed by atoms with Crippen LogP contribution >= 0.6 is 0 Å². The van der Waals surface area contributed by atoms with Crippen molar-refractivity contribution in [2.75, 3.05) is 37.7 Å². The van der Waals surface area contributed by atoms with E-state index in [2.05, 4.69) is 15.1 Å². The predicted octanol–water partition coefficient (Wildman–Crippen LogP) is 5.55. The van der Waals surface area contributed by atoms with Crippen LogP contribution in [-0.4, -0.2) is 70.4 Å². The number of aromatic hydroxyl groups is 1. The molecule has 4 aromatic rings. The van der Waals surface area contributed by atoms with Crippen molar-refractivity contribution in [1.29, 1.82) is 0 Å². The van der Waals surface area contributed by atoms with E-state index in [1.54, 1.807) is 12.1 Å². The third-order valence-corrected chi connectivity index (χ3v) is 10.0. The fraction of sp³-hybridized carbons (Fsp3) is 0.455. The maximum Gasteiger partial charge on any atom is 0.319 e. The van der Waals surface area contributed by atoms with Crippen LogP contribution in [0, 0.1) is 12.7 Å². The first-order chi connectivity index (χ1) is 20.0. The third kappa shape index (κ3) is 4.14. The van der Waals surface area contributed by atoms with Gasteiger partial charge in [0.25, 0.3) is 0 Å². The van der Waals surface area contributed by atoms with Gasteiger partial charge < -0.3 is 20.1 Å². The number of hydrogen-bond acceptors (Lipinski definition) is 7. The van der Waals surface area contributed by atoms with E-state index in [1.807, 2.05) is 37.3 Å². The van der Waals surface area contributed by atoms with Gasteiger partial charge in [0.2, 0.25) is 0 Å². The van der Waals surface area contributed by atoms with Gasteiger partial charge in [0, 0.05) is 36.1 Å². The number of benzene rings is 3. The van der Waals surface area contributed by atoms with Crippen molar-refractivity contribution < 1.29 is 14.2 Å². The van der Waals surface area contributed by atoms with E-state index >= 15 is 4.39 Å². The van der Waals surface area contributed by atoms with Gasteiger partial charge in [0.15, 0.2) is 5.82 Å². The summed E-state index contributed by atoms with van der Waals surface area (Å²) in [6, 6.07) is 14.1. The van der Waals surface area contributed by atoms with Crippen LogP contribution in [0.4, 0.5) is 10.2 Å². The Morgan fingerprint density at radius 3 is 2.59 bits per heavy atom. The Bertz CT molecular complexity index is 1650. The number of phenols is 1. The van der Waals surface area contributed by atoms with E-state index < -0.39 is 5.82 Å². The number of nitrogens with zero attached hydrogens (tertiary/aromatic N) is 4. The van der Waals surface area contributed by atoms with E-state index in [0.29, 0.717) is 35.2 Å². The Morgan fingerprint density at radius 2 is 1.80 bits per heavy atom. The molecular formula is C33H36FN5O2. The Hall–Kier alpha value is -3.49. The van der Waals surface area contributed by atoms with Crippen LogP contribution in [0.1, 0.15) is 44.1 Å². The minimum atomic E-state index is -0.411. The summed E-state index contributed by atoms with van der Waals surface area (Å²) in [6.07, 6.45) is 6.91. The highest BCUT2D eigenvalue weighted by atomic mass is 19.1. The fourth-order valence-electron chi connectivity index (χ4n) is 8.08. The molecule has 4 aliphatic rings. The van der Waals surface area contributed by atoms with E-state index in [4.69, 9.17) is 14.7 Å². The number of aryl methyl sites for hydroxylation is 1. The summed E-state index contributed by atoms with van der Waals surface area (Å²) in [5.74, 6) is 0.446. The number of ether oxygens (including phenoxy) is 1. The van der Waals surface area contributed by atoms with Crippen molar-refractivity contribution >= 4 is 27.5 Å². The van der Waals surface area contributed by atoms with Crippen LogP contribution in [0.2, 0.25) is 0 Å². The highest BCUT2D eigenvalue weighted by Gasteiger charge is 2.45. The Balaban J connectivity index is 1.26. The fourth-order valence-corrected chi connectivity index (χ4v) is 8.08. The highest BCUT2D eigenvalue weighted by molar-refractivity contribution is 6.02. The molecule has 2 atom stereocenters. The second-order valence-corrected chi connectivity index (χ2v) is 12.6. The lowest BCUT2D eigenvalue weighted by molar-refractivity contribution is 0.108. The third-order valence-electron chi connectivity index (χ3n) is 10.0. The van der Waals surface area contributed by atoms with Crippen molar-refractivity contribution in [3.05, 3.63) is 53.8 Å². The Labute approximate surface area is 239 Å². The van der Waals surface area contributed by atoms with E-state index in [-0.39, 0.29) is 22.8 Å². The van der Waals surface area contributed by atoms with Gasteiger partial charge in [-0.2, -0.15) is 9.97 Å². The summed E-state index contributed by atoms with van der Waals surface area (Å²) in [6.45, 7) is 6.45. The maximum atomic E-state index is 16.7. The minimum Gasteiger partial charge on any atom is -0.508 e. The molecule has 0 amide bonds. The van der Waals surface area contributed by atoms with Crippen molar-refractivity contribution in [2.45, 2.75) is 63.1 Å². The number of rotatable bonds is 5. The van der Waals surface area contributed by atoms with Gasteiger partial charge in [0.1, 0.15) is 23.7 Å². The average molecular weight is 554 g/mol. The zero-order chi connectivity index (χ0) is 27.7. The number of aromatic nitrogens is 2. The molecule has 8 rings (SSSR count). The van der Waals surface area contributed by atoms with Gasteiger partial charge in [-0.1, -0.05) is 24.3 Å². The van der Waals surface area contributed by atoms with Crippen molar-refractivity contribution in [3.8, 4) is 22.9 Å². The molecule has 2 unspecified atom stereocenters. The molecule has 7 nitrogen and oxygen atoms in total. The van der Waals surface area contributed by atoms with Crippen molar-refractivity contribution in [3.63, 3.8) is 0 Å². The lowest BCUT2D eigenvalue weighted by Crippen LogP contribution is -2.51. The molecular weight excluding hydrogens is 517 g/mol. The first kappa shape index (κ1) is 25.2. The molecule has 4 fully saturated rings. The van der Waals surface area contributed by atoms with Crippen LogP contribution in [0.25, 0.3) is 32.8 Å². The smallest absolute Gasteiger partial charge is 0.319 e. The Morgan fingerprint density at radius 1 is 1.02 bits per heavy atom. The van der Waals surface area contributed by atoms with Crippen molar-refractivity contribution in [1.82, 2.24) is 20.2 Å². The SMILES string of the molecule is Cc1cccc2cc(O)cc(-c3ccc4c(N5CC6CCC(C5)N6)nc(OCC56CCCN5CCC6)nc4c3F)c12. The lowest BCUT2D eigenvalue weighted by Gasteiger charge is -2.34. The molecule has 4 aliphatic heterocycles. The molecule has 0 aliphatic carbocycles. The number of anilines is 1. The molecule has 3 aromatic carbocycles. The standard InChI is InChI=1S/C33H36FN5O2/c1-20-5-2-6-21-15-24(40)16-27(28(20)21)25-9-10-26-30(29(25)34)36-32(41-19-33-11-3-13-39(33)14-4-12-33)37-31(26)38-17-22-7-8-23(18-38)35-22/h2,5-6,9-10,15-16,22-23,35,40H,3-4,7-8,11-14,17-19H2,1H3. The van der Waals surface area contributed by atoms with Crippen molar-refractivity contribution in [2.24, 2.45) is 0 Å². The van der Waals surface area contributed by atoms with Crippen LogP contribution in [0.15, 0.2) is 42.5 Å². The van der Waals surface area contributed by atoms with Gasteiger partial charge >= 0.3 is 6.01 Å². The molecule has 5 heterocycles. The number of fused-ring (bicyclic) bond motifs is 5. The number of nitrogens with one attached hydrogen (secondary N) is 1. The molecule has 2 bridgehead atoms. The van der Waals surface area contributed by atoms with E-state index in [0.717, 1.165) is 74.0 Å². The number of halogens is 1. The molecule has 1 aromatic heterocycles. The topological polar surface area (TPSA) is 73.8 Å². The van der Waals surface area contributed by atoms with Gasteiger partial charge in [-0.05, 0) is 98.6 Å². The highest BCUT2D eigenvalue weighted by Crippen LogP contribution is 2.41. The van der Waals surface area contributed by atoms with Crippen LogP contribution in [0.3, 0.4) is 0 Å². The molecule has 8 heteroatoms. The minimum absolute atomic E-state index is 0.0467. The van der Waals surface area contributed by atoms with Crippen LogP contribution < -0.4 is 15.0 Å². The molecule has 41 heavy (non-hydrogen) atoms. The summed E-state index contributed by atoms with van der Waals surface area (Å²) in [5, 5.41) is 16.7. The van der Waals surface area contributed by atoms with E-state index in [9.17, 15) is 5.11 Å². The zero-order valence-corrected chi connectivity index (χ0v) is 23.5. The maximum absolute atomic E-state index is 16.7. The predicted molar refractivity (Wildman–Crippen MR) is 159 cm³/mol. The average Bonchev–Trinajstić information content (AvgIpc) is 3.65. The normalized spacial score (nSPS) is 23.5. The molecule has 4 saturated heterocycles. The Kier molecular flexibility index (Phi) is 5.87. The number of phenolic OH excluding ortho intramolecular Hbond substituents is 1. The zero-order valence-electron chi connectivity index (χ0n) is 23.5. The van der Waals surface area contributed by atoms with Gasteiger partial charge in [-0.3, -0.25) is 4.90 Å². The monoisotopic (exact) mass is 553 g/mol. The molecule has 0 saturated carbocycles.